The Hall–Kier alpha value is -0.900. The molecule has 1 aromatic carbocycles. The zero-order valence-electron chi connectivity index (χ0n) is 5.57. The number of hydrogen-bond acceptors (Lipinski definition) is 2. The van der Waals surface area contributed by atoms with Crippen molar-refractivity contribution in [3.8, 4) is 0 Å². The maximum atomic E-state index is 12.7. The molecule has 58 valence electrons. The van der Waals surface area contributed by atoms with Crippen LogP contribution in [-0.2, 0) is 0 Å². The van der Waals surface area contributed by atoms with E-state index in [0.717, 1.165) is 6.21 Å². The molecule has 0 atom stereocenters. The quantitative estimate of drug-likeness (QED) is 0.549. The Morgan fingerprint density at radius 3 is 2.73 bits per heavy atom. The van der Waals surface area contributed by atoms with E-state index in [1.807, 2.05) is 0 Å². The van der Waals surface area contributed by atoms with E-state index in [9.17, 15) is 4.39 Å². The Bertz CT molecular complexity index is 299. The minimum Gasteiger partial charge on any atom is -0.398 e. The van der Waals surface area contributed by atoms with Crippen molar-refractivity contribution < 1.29 is 4.39 Å². The fraction of sp³-hybridized carbons (Fsp3) is 0. The van der Waals surface area contributed by atoms with Crippen LogP contribution in [-0.4, -0.2) is 6.21 Å². The maximum Gasteiger partial charge on any atom is 0.139 e. The summed E-state index contributed by atoms with van der Waals surface area (Å²) in [5.41, 5.74) is 6.18. The second-order valence-electron chi connectivity index (χ2n) is 2.04. The highest BCUT2D eigenvalue weighted by atomic mass is 79.9. The number of benzene rings is 1. The van der Waals surface area contributed by atoms with Gasteiger partial charge in [0, 0.05) is 17.5 Å². The van der Waals surface area contributed by atoms with E-state index in [0.29, 0.717) is 10.0 Å². The molecule has 0 amide bonds. The lowest BCUT2D eigenvalue weighted by Crippen LogP contribution is -1.94. The van der Waals surface area contributed by atoms with Gasteiger partial charge >= 0.3 is 0 Å². The molecule has 4 heteroatoms. The number of nitrogens with one attached hydrogen (secondary N) is 1. The predicted molar refractivity (Wildman–Crippen MR) is 46.4 cm³/mol. The highest BCUT2D eigenvalue weighted by Gasteiger charge is 2.02. The summed E-state index contributed by atoms with van der Waals surface area (Å²) < 4.78 is 13.0. The standard InChI is InChI=1S/C7H6BrFN2/c8-5-1-4(3-10)7(11)2-6(5)9/h1-3,10H,11H2. The molecule has 0 aliphatic rings. The summed E-state index contributed by atoms with van der Waals surface area (Å²) in [4.78, 5) is 0. The van der Waals surface area contributed by atoms with Crippen molar-refractivity contribution in [1.29, 1.82) is 5.41 Å². The van der Waals surface area contributed by atoms with Crippen LogP contribution < -0.4 is 5.73 Å². The van der Waals surface area contributed by atoms with Crippen molar-refractivity contribution in [3.05, 3.63) is 28.0 Å². The molecular formula is C7H6BrFN2. The lowest BCUT2D eigenvalue weighted by Gasteiger charge is -2.00. The zero-order chi connectivity index (χ0) is 8.43. The summed E-state index contributed by atoms with van der Waals surface area (Å²) in [6.45, 7) is 0. The number of rotatable bonds is 1. The van der Waals surface area contributed by atoms with Crippen LogP contribution in [0.3, 0.4) is 0 Å². The third kappa shape index (κ3) is 1.57. The van der Waals surface area contributed by atoms with Crippen LogP contribution in [0.2, 0.25) is 0 Å². The number of anilines is 1. The Kier molecular flexibility index (Phi) is 2.24. The van der Waals surface area contributed by atoms with Crippen molar-refractivity contribution in [2.24, 2.45) is 0 Å². The lowest BCUT2D eigenvalue weighted by molar-refractivity contribution is 0.622. The fourth-order valence-electron chi connectivity index (χ4n) is 0.703. The number of hydrogen-bond donors (Lipinski definition) is 2. The topological polar surface area (TPSA) is 49.9 Å². The van der Waals surface area contributed by atoms with E-state index >= 15 is 0 Å². The molecule has 0 aliphatic heterocycles. The van der Waals surface area contributed by atoms with Crippen molar-refractivity contribution in [1.82, 2.24) is 0 Å². The second kappa shape index (κ2) is 3.00. The molecule has 0 fully saturated rings. The highest BCUT2D eigenvalue weighted by molar-refractivity contribution is 9.10. The van der Waals surface area contributed by atoms with Gasteiger partial charge in [-0.15, -0.1) is 0 Å². The SMILES string of the molecule is N=Cc1cc(Br)c(F)cc1N. The van der Waals surface area contributed by atoms with Crippen LogP contribution in [0.1, 0.15) is 5.56 Å². The summed E-state index contributed by atoms with van der Waals surface area (Å²) >= 11 is 2.99. The van der Waals surface area contributed by atoms with Gasteiger partial charge in [0.25, 0.3) is 0 Å². The molecule has 0 spiro atoms. The Morgan fingerprint density at radius 2 is 2.18 bits per heavy atom. The molecule has 11 heavy (non-hydrogen) atoms. The average Bonchev–Trinajstić information content (AvgIpc) is 1.97. The van der Waals surface area contributed by atoms with E-state index in [1.54, 1.807) is 0 Å². The minimum atomic E-state index is -0.409. The van der Waals surface area contributed by atoms with Crippen LogP contribution in [0, 0.1) is 11.2 Å². The first-order chi connectivity index (χ1) is 5.15. The number of nitrogens with two attached hydrogens (primary N) is 1. The zero-order valence-corrected chi connectivity index (χ0v) is 7.15. The summed E-state index contributed by atoms with van der Waals surface area (Å²) in [6.07, 6.45) is 1.08. The van der Waals surface area contributed by atoms with Gasteiger partial charge in [-0.1, -0.05) is 0 Å². The number of halogens is 2. The van der Waals surface area contributed by atoms with Gasteiger partial charge in [0.05, 0.1) is 4.47 Å². The van der Waals surface area contributed by atoms with Crippen molar-refractivity contribution in [3.63, 3.8) is 0 Å². The Labute approximate surface area is 71.9 Å². The Morgan fingerprint density at radius 1 is 1.55 bits per heavy atom. The molecule has 2 nitrogen and oxygen atoms in total. The first-order valence-corrected chi connectivity index (χ1v) is 3.69. The van der Waals surface area contributed by atoms with Gasteiger partial charge in [-0.3, -0.25) is 0 Å². The highest BCUT2D eigenvalue weighted by Crippen LogP contribution is 2.20. The smallest absolute Gasteiger partial charge is 0.139 e. The summed E-state index contributed by atoms with van der Waals surface area (Å²) in [6, 6.07) is 2.65. The maximum absolute atomic E-state index is 12.7. The normalized spacial score (nSPS) is 9.64. The molecular weight excluding hydrogens is 211 g/mol. The fourth-order valence-corrected chi connectivity index (χ4v) is 1.06. The van der Waals surface area contributed by atoms with E-state index in [2.05, 4.69) is 15.9 Å². The molecule has 0 heterocycles. The Balaban J connectivity index is 3.31. The van der Waals surface area contributed by atoms with Crippen molar-refractivity contribution in [2.45, 2.75) is 0 Å². The summed E-state index contributed by atoms with van der Waals surface area (Å²) in [5.74, 6) is -0.409. The lowest BCUT2D eigenvalue weighted by atomic mass is 10.2. The minimum absolute atomic E-state index is 0.278. The van der Waals surface area contributed by atoms with E-state index < -0.39 is 5.82 Å². The monoisotopic (exact) mass is 216 g/mol. The molecule has 1 aromatic rings. The average molecular weight is 217 g/mol. The van der Waals surface area contributed by atoms with Crippen molar-refractivity contribution >= 4 is 27.8 Å². The van der Waals surface area contributed by atoms with Gasteiger partial charge in [-0.25, -0.2) is 4.39 Å². The van der Waals surface area contributed by atoms with Crippen LogP contribution in [0.4, 0.5) is 10.1 Å². The van der Waals surface area contributed by atoms with Crippen LogP contribution in [0.15, 0.2) is 16.6 Å². The molecule has 0 aromatic heterocycles. The predicted octanol–water partition coefficient (Wildman–Crippen LogP) is 2.17. The van der Waals surface area contributed by atoms with Gasteiger partial charge in [0.1, 0.15) is 5.82 Å². The molecule has 0 bridgehead atoms. The first-order valence-electron chi connectivity index (χ1n) is 2.90. The molecule has 1 rings (SSSR count). The van der Waals surface area contributed by atoms with Crippen molar-refractivity contribution in [2.75, 3.05) is 5.73 Å². The van der Waals surface area contributed by atoms with E-state index in [-0.39, 0.29) is 5.69 Å². The third-order valence-electron chi connectivity index (χ3n) is 1.28. The summed E-state index contributed by atoms with van der Waals surface area (Å²) in [7, 11) is 0. The van der Waals surface area contributed by atoms with Gasteiger partial charge in [-0.05, 0) is 28.1 Å². The second-order valence-corrected chi connectivity index (χ2v) is 2.89. The van der Waals surface area contributed by atoms with Crippen LogP contribution in [0.25, 0.3) is 0 Å². The molecule has 3 N–H and O–H groups in total. The molecule has 0 radical (unpaired) electrons. The largest absolute Gasteiger partial charge is 0.398 e. The van der Waals surface area contributed by atoms with E-state index in [4.69, 9.17) is 11.1 Å². The first kappa shape index (κ1) is 8.20. The molecule has 0 aliphatic carbocycles. The van der Waals surface area contributed by atoms with Gasteiger partial charge < -0.3 is 11.1 Å². The van der Waals surface area contributed by atoms with Gasteiger partial charge in [0.2, 0.25) is 0 Å². The van der Waals surface area contributed by atoms with Crippen LogP contribution >= 0.6 is 15.9 Å². The third-order valence-corrected chi connectivity index (χ3v) is 1.89. The van der Waals surface area contributed by atoms with Gasteiger partial charge in [-0.2, -0.15) is 0 Å². The molecule has 0 saturated heterocycles. The van der Waals surface area contributed by atoms with Crippen LogP contribution in [0.5, 0.6) is 0 Å². The molecule has 0 saturated carbocycles. The summed E-state index contributed by atoms with van der Waals surface area (Å²) in [5, 5.41) is 6.90. The van der Waals surface area contributed by atoms with E-state index in [1.165, 1.54) is 12.1 Å². The number of nitrogen functional groups attached to an aromatic ring is 1. The van der Waals surface area contributed by atoms with Gasteiger partial charge in [0.15, 0.2) is 0 Å². The molecule has 0 unspecified atom stereocenters.